The van der Waals surface area contributed by atoms with Crippen LogP contribution in [-0.4, -0.2) is 24.1 Å². The average molecular weight is 179 g/mol. The van der Waals surface area contributed by atoms with Crippen molar-refractivity contribution >= 4 is 6.29 Å². The van der Waals surface area contributed by atoms with Crippen LogP contribution in [0, 0.1) is 0 Å². The Balaban J connectivity index is 2.25. The molecule has 1 aliphatic rings. The minimum Gasteiger partial charge on any atom is -0.379 e. The van der Waals surface area contributed by atoms with Gasteiger partial charge < -0.3 is 14.1 Å². The number of fused-ring (bicyclic) bond motifs is 1. The molecule has 1 unspecified atom stereocenters. The van der Waals surface area contributed by atoms with Gasteiger partial charge in [-0.2, -0.15) is 0 Å². The van der Waals surface area contributed by atoms with Crippen molar-refractivity contribution in [2.45, 2.75) is 18.9 Å². The normalized spacial score (nSPS) is 22.0. The van der Waals surface area contributed by atoms with E-state index in [2.05, 4.69) is 10.6 Å². The van der Waals surface area contributed by atoms with Gasteiger partial charge in [0.2, 0.25) is 0 Å². The fourth-order valence-corrected chi connectivity index (χ4v) is 1.77. The molecule has 0 spiro atoms. The molecule has 3 heteroatoms. The van der Waals surface area contributed by atoms with E-state index in [1.165, 1.54) is 5.69 Å². The summed E-state index contributed by atoms with van der Waals surface area (Å²) in [5.74, 6) is 0. The molecule has 1 aromatic heterocycles. The molecule has 0 aromatic carbocycles. The molecule has 2 heterocycles. The molecule has 3 nitrogen and oxygen atoms in total. The van der Waals surface area contributed by atoms with E-state index < -0.39 is 0 Å². The Morgan fingerprint density at radius 2 is 2.62 bits per heavy atom. The van der Waals surface area contributed by atoms with Gasteiger partial charge in [0.05, 0.1) is 19.3 Å². The van der Waals surface area contributed by atoms with Crippen LogP contribution in [0.15, 0.2) is 18.3 Å². The predicted octanol–water partition coefficient (Wildman–Crippen LogP) is 1.19. The monoisotopic (exact) mass is 179 g/mol. The second-order valence-electron chi connectivity index (χ2n) is 3.29. The van der Waals surface area contributed by atoms with Gasteiger partial charge in [0.15, 0.2) is 0 Å². The molecule has 0 bridgehead atoms. The Morgan fingerprint density at radius 1 is 1.69 bits per heavy atom. The van der Waals surface area contributed by atoms with Gasteiger partial charge in [-0.1, -0.05) is 0 Å². The van der Waals surface area contributed by atoms with Crippen molar-refractivity contribution < 1.29 is 9.53 Å². The van der Waals surface area contributed by atoms with Gasteiger partial charge in [0, 0.05) is 24.7 Å². The molecule has 0 aliphatic carbocycles. The third-order valence-corrected chi connectivity index (χ3v) is 2.44. The molecule has 13 heavy (non-hydrogen) atoms. The zero-order chi connectivity index (χ0) is 9.10. The van der Waals surface area contributed by atoms with Crippen LogP contribution in [0.1, 0.15) is 18.2 Å². The maximum absolute atomic E-state index is 10.4. The summed E-state index contributed by atoms with van der Waals surface area (Å²) in [6.45, 7) is 1.42. The lowest BCUT2D eigenvalue weighted by Crippen LogP contribution is -2.13. The molecular weight excluding hydrogens is 166 g/mol. The van der Waals surface area contributed by atoms with E-state index in [0.29, 0.717) is 13.0 Å². The highest BCUT2D eigenvalue weighted by Crippen LogP contribution is 2.18. The van der Waals surface area contributed by atoms with Gasteiger partial charge in [0.1, 0.15) is 6.29 Å². The number of hydrogen-bond donors (Lipinski definition) is 0. The van der Waals surface area contributed by atoms with Crippen LogP contribution in [0.5, 0.6) is 0 Å². The Morgan fingerprint density at radius 3 is 3.46 bits per heavy atom. The second-order valence-corrected chi connectivity index (χ2v) is 3.29. The van der Waals surface area contributed by atoms with Gasteiger partial charge in [-0.05, 0) is 12.1 Å². The first-order valence-corrected chi connectivity index (χ1v) is 4.59. The number of aromatic nitrogens is 1. The molecule has 0 saturated heterocycles. The smallest absolute Gasteiger partial charge is 0.122 e. The van der Waals surface area contributed by atoms with Crippen molar-refractivity contribution in [3.05, 3.63) is 24.0 Å². The third-order valence-electron chi connectivity index (χ3n) is 2.44. The quantitative estimate of drug-likeness (QED) is 0.638. The van der Waals surface area contributed by atoms with Crippen molar-refractivity contribution in [1.29, 1.82) is 0 Å². The Kier molecular flexibility index (Phi) is 2.45. The summed E-state index contributed by atoms with van der Waals surface area (Å²) in [6.07, 6.45) is 4.48. The van der Waals surface area contributed by atoms with Crippen LogP contribution in [0.2, 0.25) is 0 Å². The van der Waals surface area contributed by atoms with Gasteiger partial charge in [-0.25, -0.2) is 0 Å². The standard InChI is InChI=1S/C10H13NO2/c12-6-3-10-8-13-7-4-9-2-1-5-11(9)10/h1-2,5-6,10H,3-4,7-8H2. The van der Waals surface area contributed by atoms with Crippen LogP contribution in [0.25, 0.3) is 0 Å². The summed E-state index contributed by atoms with van der Waals surface area (Å²) in [5, 5.41) is 0. The first kappa shape index (κ1) is 8.51. The topological polar surface area (TPSA) is 31.2 Å². The van der Waals surface area contributed by atoms with Gasteiger partial charge in [-0.15, -0.1) is 0 Å². The van der Waals surface area contributed by atoms with E-state index in [9.17, 15) is 4.79 Å². The highest BCUT2D eigenvalue weighted by Gasteiger charge is 2.16. The summed E-state index contributed by atoms with van der Waals surface area (Å²) in [5.41, 5.74) is 1.27. The number of ether oxygens (including phenoxy) is 1. The molecule has 1 aliphatic heterocycles. The van der Waals surface area contributed by atoms with E-state index in [1.807, 2.05) is 12.3 Å². The van der Waals surface area contributed by atoms with E-state index in [4.69, 9.17) is 4.74 Å². The number of hydrogen-bond acceptors (Lipinski definition) is 2. The zero-order valence-electron chi connectivity index (χ0n) is 7.48. The SMILES string of the molecule is O=CCC1COCCc2cccn21. The molecular formula is C10H13NO2. The predicted molar refractivity (Wildman–Crippen MR) is 48.7 cm³/mol. The van der Waals surface area contributed by atoms with Crippen LogP contribution >= 0.6 is 0 Å². The first-order chi connectivity index (χ1) is 6.42. The minimum absolute atomic E-state index is 0.199. The van der Waals surface area contributed by atoms with Crippen molar-refractivity contribution in [2.24, 2.45) is 0 Å². The molecule has 0 fully saturated rings. The van der Waals surface area contributed by atoms with Gasteiger partial charge in [-0.3, -0.25) is 0 Å². The van der Waals surface area contributed by atoms with Crippen molar-refractivity contribution in [3.63, 3.8) is 0 Å². The molecule has 0 N–H and O–H groups in total. The Bertz CT molecular complexity index is 293. The summed E-state index contributed by atoms with van der Waals surface area (Å²) in [4.78, 5) is 10.4. The van der Waals surface area contributed by atoms with E-state index in [-0.39, 0.29) is 6.04 Å². The highest BCUT2D eigenvalue weighted by molar-refractivity contribution is 5.50. The Hall–Kier alpha value is -1.09. The summed E-state index contributed by atoms with van der Waals surface area (Å²) in [7, 11) is 0. The maximum atomic E-state index is 10.4. The fraction of sp³-hybridized carbons (Fsp3) is 0.500. The summed E-state index contributed by atoms with van der Waals surface area (Å²) < 4.78 is 7.57. The van der Waals surface area contributed by atoms with Crippen LogP contribution in [-0.2, 0) is 16.0 Å². The molecule has 0 radical (unpaired) electrons. The maximum Gasteiger partial charge on any atom is 0.122 e. The lowest BCUT2D eigenvalue weighted by molar-refractivity contribution is -0.108. The first-order valence-electron chi connectivity index (χ1n) is 4.59. The number of carbonyl (C=O) groups is 1. The number of rotatable bonds is 2. The van der Waals surface area contributed by atoms with E-state index in [0.717, 1.165) is 19.3 Å². The largest absolute Gasteiger partial charge is 0.379 e. The number of aldehydes is 1. The molecule has 70 valence electrons. The zero-order valence-corrected chi connectivity index (χ0v) is 7.48. The molecule has 1 atom stereocenters. The van der Waals surface area contributed by atoms with Crippen molar-refractivity contribution in [1.82, 2.24) is 4.57 Å². The van der Waals surface area contributed by atoms with Gasteiger partial charge >= 0.3 is 0 Å². The lowest BCUT2D eigenvalue weighted by atomic mass is 10.2. The fourth-order valence-electron chi connectivity index (χ4n) is 1.77. The molecule has 2 rings (SSSR count). The Labute approximate surface area is 77.3 Å². The highest BCUT2D eigenvalue weighted by atomic mass is 16.5. The summed E-state index contributed by atoms with van der Waals surface area (Å²) in [6, 6.07) is 4.32. The third kappa shape index (κ3) is 1.65. The van der Waals surface area contributed by atoms with E-state index >= 15 is 0 Å². The van der Waals surface area contributed by atoms with Crippen molar-refractivity contribution in [3.8, 4) is 0 Å². The van der Waals surface area contributed by atoms with Crippen LogP contribution < -0.4 is 0 Å². The van der Waals surface area contributed by atoms with Crippen LogP contribution in [0.4, 0.5) is 0 Å². The summed E-state index contributed by atoms with van der Waals surface area (Å²) >= 11 is 0. The average Bonchev–Trinajstić information content (AvgIpc) is 2.52. The second kappa shape index (κ2) is 3.75. The van der Waals surface area contributed by atoms with Gasteiger partial charge in [0.25, 0.3) is 0 Å². The molecule has 0 amide bonds. The number of nitrogens with zero attached hydrogens (tertiary/aromatic N) is 1. The van der Waals surface area contributed by atoms with E-state index in [1.54, 1.807) is 0 Å². The lowest BCUT2D eigenvalue weighted by Gasteiger charge is -2.15. The van der Waals surface area contributed by atoms with Crippen LogP contribution in [0.3, 0.4) is 0 Å². The number of carbonyl (C=O) groups excluding carboxylic acids is 1. The van der Waals surface area contributed by atoms with Crippen molar-refractivity contribution in [2.75, 3.05) is 13.2 Å². The minimum atomic E-state index is 0.199. The molecule has 0 saturated carbocycles. The molecule has 1 aromatic rings.